The van der Waals surface area contributed by atoms with Crippen LogP contribution in [-0.4, -0.2) is 25.7 Å². The summed E-state index contributed by atoms with van der Waals surface area (Å²) in [6.45, 7) is 0. The smallest absolute Gasteiger partial charge is 0.354 e. The maximum Gasteiger partial charge on any atom is 0.354 e. The van der Waals surface area contributed by atoms with Gasteiger partial charge in [-0.1, -0.05) is 17.7 Å². The van der Waals surface area contributed by atoms with E-state index in [-0.39, 0.29) is 5.69 Å². The molecule has 0 spiro atoms. The van der Waals surface area contributed by atoms with Crippen molar-refractivity contribution in [1.82, 2.24) is 14.6 Å². The molecule has 0 bridgehead atoms. The molecular formula is C18H12ClN3O3. The maximum absolute atomic E-state index is 11.2. The Kier molecular flexibility index (Phi) is 3.74. The van der Waals surface area contributed by atoms with Gasteiger partial charge in [0.05, 0.1) is 16.8 Å². The first-order chi connectivity index (χ1) is 12.1. The second-order valence-corrected chi connectivity index (χ2v) is 5.91. The van der Waals surface area contributed by atoms with Crippen LogP contribution in [0.4, 0.5) is 0 Å². The highest BCUT2D eigenvalue weighted by Gasteiger charge is 2.18. The van der Waals surface area contributed by atoms with Crippen LogP contribution in [0.5, 0.6) is 0 Å². The number of rotatable bonds is 4. The van der Waals surface area contributed by atoms with Crippen molar-refractivity contribution < 1.29 is 14.3 Å². The van der Waals surface area contributed by atoms with E-state index in [1.807, 2.05) is 12.1 Å². The van der Waals surface area contributed by atoms with Gasteiger partial charge in [0, 0.05) is 23.9 Å². The van der Waals surface area contributed by atoms with Crippen molar-refractivity contribution in [2.45, 2.75) is 6.42 Å². The Morgan fingerprint density at radius 3 is 2.84 bits per heavy atom. The molecule has 0 amide bonds. The molecule has 0 unspecified atom stereocenters. The summed E-state index contributed by atoms with van der Waals surface area (Å²) in [4.78, 5) is 15.4. The number of carboxylic acids is 1. The molecule has 4 heterocycles. The van der Waals surface area contributed by atoms with Gasteiger partial charge in [-0.05, 0) is 36.4 Å². The van der Waals surface area contributed by atoms with Crippen LogP contribution in [0.1, 0.15) is 21.7 Å². The number of pyridine rings is 2. The van der Waals surface area contributed by atoms with Gasteiger partial charge >= 0.3 is 5.97 Å². The minimum atomic E-state index is -1.06. The number of carbonyl (C=O) groups is 1. The predicted octanol–water partition coefficient (Wildman–Crippen LogP) is 3.93. The van der Waals surface area contributed by atoms with E-state index >= 15 is 0 Å². The third kappa shape index (κ3) is 2.88. The lowest BCUT2D eigenvalue weighted by Gasteiger charge is -2.03. The Hall–Kier alpha value is -3.12. The van der Waals surface area contributed by atoms with E-state index in [1.54, 1.807) is 41.2 Å². The topological polar surface area (TPSA) is 80.6 Å². The van der Waals surface area contributed by atoms with Crippen LogP contribution in [0, 0.1) is 0 Å². The van der Waals surface area contributed by atoms with Crippen molar-refractivity contribution >= 4 is 23.1 Å². The van der Waals surface area contributed by atoms with Crippen LogP contribution >= 0.6 is 11.6 Å². The molecule has 0 aliphatic rings. The van der Waals surface area contributed by atoms with Crippen molar-refractivity contribution in [2.24, 2.45) is 0 Å². The third-order valence-corrected chi connectivity index (χ3v) is 4.06. The summed E-state index contributed by atoms with van der Waals surface area (Å²) in [6.07, 6.45) is 3.72. The highest BCUT2D eigenvalue weighted by atomic mass is 35.5. The number of halogens is 1. The number of carboxylic acid groups (broad SMARTS) is 1. The van der Waals surface area contributed by atoms with Gasteiger partial charge in [-0.25, -0.2) is 14.3 Å². The van der Waals surface area contributed by atoms with Crippen LogP contribution in [0.25, 0.3) is 17.0 Å². The predicted molar refractivity (Wildman–Crippen MR) is 91.9 cm³/mol. The van der Waals surface area contributed by atoms with E-state index in [2.05, 4.69) is 10.1 Å². The number of furan rings is 1. The zero-order valence-electron chi connectivity index (χ0n) is 12.9. The third-order valence-electron chi connectivity index (χ3n) is 3.83. The zero-order chi connectivity index (χ0) is 17.4. The fourth-order valence-electron chi connectivity index (χ4n) is 2.74. The van der Waals surface area contributed by atoms with Gasteiger partial charge in [0.2, 0.25) is 0 Å². The fourth-order valence-corrected chi connectivity index (χ4v) is 2.89. The summed E-state index contributed by atoms with van der Waals surface area (Å²) in [5.74, 6) is -0.427. The van der Waals surface area contributed by atoms with Gasteiger partial charge < -0.3 is 9.52 Å². The van der Waals surface area contributed by atoms with Gasteiger partial charge in [0.25, 0.3) is 0 Å². The van der Waals surface area contributed by atoms with Gasteiger partial charge in [0.1, 0.15) is 11.4 Å². The van der Waals surface area contributed by atoms with Crippen LogP contribution in [0.15, 0.2) is 59.3 Å². The normalized spacial score (nSPS) is 11.1. The van der Waals surface area contributed by atoms with E-state index in [0.717, 1.165) is 11.1 Å². The van der Waals surface area contributed by atoms with Crippen molar-refractivity contribution in [3.63, 3.8) is 0 Å². The quantitative estimate of drug-likeness (QED) is 0.601. The number of aromatic nitrogens is 3. The molecule has 0 fully saturated rings. The average Bonchev–Trinajstić information content (AvgIpc) is 3.23. The summed E-state index contributed by atoms with van der Waals surface area (Å²) >= 11 is 6.06. The van der Waals surface area contributed by atoms with E-state index in [0.29, 0.717) is 28.6 Å². The summed E-state index contributed by atoms with van der Waals surface area (Å²) in [7, 11) is 0. The number of fused-ring (bicyclic) bond motifs is 1. The number of hydrogen-bond donors (Lipinski definition) is 1. The van der Waals surface area contributed by atoms with Crippen molar-refractivity contribution in [1.29, 1.82) is 0 Å². The molecule has 4 rings (SSSR count). The molecule has 6 nitrogen and oxygen atoms in total. The Morgan fingerprint density at radius 2 is 2.08 bits per heavy atom. The van der Waals surface area contributed by atoms with Crippen LogP contribution in [-0.2, 0) is 6.42 Å². The summed E-state index contributed by atoms with van der Waals surface area (Å²) < 4.78 is 7.19. The fraction of sp³-hybridized carbons (Fsp3) is 0.0556. The molecule has 0 saturated carbocycles. The lowest BCUT2D eigenvalue weighted by molar-refractivity contribution is 0.0690. The van der Waals surface area contributed by atoms with Crippen LogP contribution < -0.4 is 0 Å². The first-order valence-electron chi connectivity index (χ1n) is 7.51. The summed E-state index contributed by atoms with van der Waals surface area (Å²) in [5.41, 5.74) is 3.07. The molecule has 1 N–H and O–H groups in total. The Balaban J connectivity index is 1.86. The number of hydrogen-bond acceptors (Lipinski definition) is 4. The van der Waals surface area contributed by atoms with Gasteiger partial charge in [-0.15, -0.1) is 0 Å². The standard InChI is InChI=1S/C18H12ClN3O3/c19-11-6-7-15-13(9-12-3-1-4-14(20-12)18(23)24)17(21-22(15)10-11)16-5-2-8-25-16/h1-8,10H,9H2,(H,23,24). The SMILES string of the molecule is O=C(O)c1cccc(Cc2c(-c3ccco3)nn3cc(Cl)ccc23)n1. The Bertz CT molecular complexity index is 1070. The van der Waals surface area contributed by atoms with Gasteiger partial charge in [-0.2, -0.15) is 5.10 Å². The van der Waals surface area contributed by atoms with E-state index in [1.165, 1.54) is 6.07 Å². The molecule has 0 saturated heterocycles. The molecular weight excluding hydrogens is 342 g/mol. The second-order valence-electron chi connectivity index (χ2n) is 5.48. The van der Waals surface area contributed by atoms with Crippen LogP contribution in [0.2, 0.25) is 5.02 Å². The first-order valence-corrected chi connectivity index (χ1v) is 7.89. The monoisotopic (exact) mass is 353 g/mol. The molecule has 25 heavy (non-hydrogen) atoms. The Morgan fingerprint density at radius 1 is 1.20 bits per heavy atom. The summed E-state index contributed by atoms with van der Waals surface area (Å²) in [5, 5.41) is 14.3. The molecule has 0 radical (unpaired) electrons. The molecule has 0 atom stereocenters. The van der Waals surface area contributed by atoms with Crippen molar-refractivity contribution in [3.05, 3.63) is 76.9 Å². The molecule has 0 aliphatic carbocycles. The van der Waals surface area contributed by atoms with E-state index in [9.17, 15) is 4.79 Å². The molecule has 7 heteroatoms. The highest BCUT2D eigenvalue weighted by molar-refractivity contribution is 6.30. The number of nitrogens with zero attached hydrogens (tertiary/aromatic N) is 3. The largest absolute Gasteiger partial charge is 0.477 e. The second kappa shape index (κ2) is 6.07. The molecule has 0 aromatic carbocycles. The Labute approximate surface area is 147 Å². The first kappa shape index (κ1) is 15.4. The minimum Gasteiger partial charge on any atom is -0.477 e. The molecule has 0 aliphatic heterocycles. The lowest BCUT2D eigenvalue weighted by atomic mass is 10.1. The van der Waals surface area contributed by atoms with Gasteiger partial charge in [-0.3, -0.25) is 0 Å². The highest BCUT2D eigenvalue weighted by Crippen LogP contribution is 2.29. The molecule has 4 aromatic heterocycles. The van der Waals surface area contributed by atoms with E-state index < -0.39 is 5.97 Å². The van der Waals surface area contributed by atoms with Crippen molar-refractivity contribution in [3.8, 4) is 11.5 Å². The average molecular weight is 354 g/mol. The van der Waals surface area contributed by atoms with E-state index in [4.69, 9.17) is 21.1 Å². The molecule has 124 valence electrons. The molecule has 4 aromatic rings. The van der Waals surface area contributed by atoms with Crippen LogP contribution in [0.3, 0.4) is 0 Å². The van der Waals surface area contributed by atoms with Gasteiger partial charge in [0.15, 0.2) is 5.76 Å². The summed E-state index contributed by atoms with van der Waals surface area (Å²) in [6, 6.07) is 12.2. The maximum atomic E-state index is 11.2. The zero-order valence-corrected chi connectivity index (χ0v) is 13.6. The van der Waals surface area contributed by atoms with Crippen molar-refractivity contribution in [2.75, 3.05) is 0 Å². The minimum absolute atomic E-state index is 0.0107. The lowest BCUT2D eigenvalue weighted by Crippen LogP contribution is -2.03. The number of aromatic carboxylic acids is 1.